The van der Waals surface area contributed by atoms with Crippen LogP contribution in [0.5, 0.6) is 0 Å². The molecule has 5 aromatic rings. The summed E-state index contributed by atoms with van der Waals surface area (Å²) in [7, 11) is 0. The largest absolute Gasteiger partial charge is 0.321 e. The highest BCUT2D eigenvalue weighted by molar-refractivity contribution is 8.00. The molecule has 1 atom stereocenters. The van der Waals surface area contributed by atoms with Crippen LogP contribution in [-0.4, -0.2) is 29.5 Å². The molecule has 1 aliphatic heterocycles. The third kappa shape index (κ3) is 8.13. The van der Waals surface area contributed by atoms with Gasteiger partial charge in [-0.15, -0.1) is 23.1 Å². The Morgan fingerprint density at radius 3 is 2.23 bits per heavy atom. The summed E-state index contributed by atoms with van der Waals surface area (Å²) in [6, 6.07) is 37.8. The van der Waals surface area contributed by atoms with E-state index in [1.54, 1.807) is 60.7 Å². The van der Waals surface area contributed by atoms with Crippen molar-refractivity contribution in [3.05, 3.63) is 154 Å². The molecule has 1 unspecified atom stereocenters. The summed E-state index contributed by atoms with van der Waals surface area (Å²) in [5, 5.41) is 15.3. The van der Waals surface area contributed by atoms with Crippen molar-refractivity contribution in [1.82, 2.24) is 10.6 Å². The van der Waals surface area contributed by atoms with E-state index < -0.39 is 17.1 Å². The minimum Gasteiger partial charge on any atom is -0.321 e. The van der Waals surface area contributed by atoms with Crippen molar-refractivity contribution in [2.24, 2.45) is 5.10 Å². The highest BCUT2D eigenvalue weighted by Gasteiger charge is 2.29. The molecule has 1 aromatic heterocycles. The second-order valence-electron chi connectivity index (χ2n) is 10.5. The Bertz CT molecular complexity index is 1980. The van der Waals surface area contributed by atoms with Gasteiger partial charge in [-0.3, -0.25) is 19.2 Å². The fourth-order valence-electron chi connectivity index (χ4n) is 4.82. The van der Waals surface area contributed by atoms with E-state index in [4.69, 9.17) is 0 Å². The summed E-state index contributed by atoms with van der Waals surface area (Å²) in [6.07, 6.45) is 1.60. The van der Waals surface area contributed by atoms with Crippen LogP contribution in [0, 0.1) is 0 Å². The minimum atomic E-state index is -0.694. The van der Waals surface area contributed by atoms with Gasteiger partial charge in [0.15, 0.2) is 0 Å². The number of carbonyl (C=O) groups is 4. The van der Waals surface area contributed by atoms with Crippen LogP contribution in [0.25, 0.3) is 6.08 Å². The molecule has 0 spiro atoms. The lowest BCUT2D eigenvalue weighted by Gasteiger charge is -2.17. The SMILES string of the molecule is O=C(Nc1cccc(SC(C(=O)NC2=NN(c3ccccc3)C(=O)C2)c2ccccc2)c1)/C(=C/c1cccs1)NC(=O)c1ccccc1. The van der Waals surface area contributed by atoms with Crippen LogP contribution < -0.4 is 21.0 Å². The molecule has 2 heterocycles. The second-order valence-corrected chi connectivity index (χ2v) is 12.7. The van der Waals surface area contributed by atoms with Gasteiger partial charge in [0.1, 0.15) is 16.8 Å². The Morgan fingerprint density at radius 1 is 0.812 bits per heavy atom. The van der Waals surface area contributed by atoms with E-state index in [1.165, 1.54) is 28.1 Å². The fraction of sp³-hybridized carbons (Fsp3) is 0.0541. The molecule has 0 fully saturated rings. The first-order valence-electron chi connectivity index (χ1n) is 14.9. The number of thioether (sulfide) groups is 1. The number of anilines is 2. The molecular formula is C37H29N5O4S2. The quantitative estimate of drug-likeness (QED) is 0.111. The van der Waals surface area contributed by atoms with Gasteiger partial charge >= 0.3 is 0 Å². The highest BCUT2D eigenvalue weighted by atomic mass is 32.2. The zero-order valence-corrected chi connectivity index (χ0v) is 27.0. The monoisotopic (exact) mass is 671 g/mol. The number of thiophene rings is 1. The predicted octanol–water partition coefficient (Wildman–Crippen LogP) is 6.86. The normalized spacial score (nSPS) is 13.4. The lowest BCUT2D eigenvalue weighted by Crippen LogP contribution is -2.33. The van der Waals surface area contributed by atoms with Crippen molar-refractivity contribution in [2.45, 2.75) is 16.6 Å². The molecule has 4 aromatic carbocycles. The number of nitrogens with one attached hydrogen (secondary N) is 3. The first-order valence-corrected chi connectivity index (χ1v) is 16.7. The maximum Gasteiger partial charge on any atom is 0.272 e. The van der Waals surface area contributed by atoms with Gasteiger partial charge in [-0.2, -0.15) is 10.1 Å². The van der Waals surface area contributed by atoms with Crippen molar-refractivity contribution in [3.8, 4) is 0 Å². The van der Waals surface area contributed by atoms with Crippen LogP contribution in [0.4, 0.5) is 11.4 Å². The van der Waals surface area contributed by atoms with Gasteiger partial charge in [0.25, 0.3) is 17.7 Å². The van der Waals surface area contributed by atoms with Gasteiger partial charge in [0.05, 0.1) is 12.1 Å². The van der Waals surface area contributed by atoms with Crippen LogP contribution in [0.15, 0.2) is 148 Å². The maximum atomic E-state index is 13.7. The Morgan fingerprint density at radius 2 is 1.52 bits per heavy atom. The van der Waals surface area contributed by atoms with Gasteiger partial charge in [0.2, 0.25) is 5.91 Å². The highest BCUT2D eigenvalue weighted by Crippen LogP contribution is 2.37. The Labute approximate surface area is 285 Å². The van der Waals surface area contributed by atoms with E-state index in [2.05, 4.69) is 21.1 Å². The molecule has 0 saturated carbocycles. The number of amidine groups is 1. The number of rotatable bonds is 10. The first kappa shape index (κ1) is 32.2. The first-order chi connectivity index (χ1) is 23.4. The van der Waals surface area contributed by atoms with Crippen molar-refractivity contribution >= 4 is 70.0 Å². The van der Waals surface area contributed by atoms with Gasteiger partial charge in [-0.25, -0.2) is 0 Å². The Hall–Kier alpha value is -5.78. The van der Waals surface area contributed by atoms with Gasteiger partial charge in [0, 0.05) is 21.0 Å². The molecule has 238 valence electrons. The minimum absolute atomic E-state index is 0.0313. The second kappa shape index (κ2) is 15.2. The molecule has 0 aliphatic carbocycles. The molecule has 6 rings (SSSR count). The Kier molecular flexibility index (Phi) is 10.2. The number of carbonyl (C=O) groups excluding carboxylic acids is 4. The summed E-state index contributed by atoms with van der Waals surface area (Å²) in [4.78, 5) is 54.4. The summed E-state index contributed by atoms with van der Waals surface area (Å²) in [6.45, 7) is 0. The number of benzene rings is 4. The van der Waals surface area contributed by atoms with Crippen molar-refractivity contribution in [1.29, 1.82) is 0 Å². The molecule has 11 heteroatoms. The fourth-order valence-corrected chi connectivity index (χ4v) is 6.56. The number of nitrogens with zero attached hydrogens (tertiary/aromatic N) is 2. The lowest BCUT2D eigenvalue weighted by molar-refractivity contribution is -0.119. The van der Waals surface area contributed by atoms with E-state index in [1.807, 2.05) is 78.2 Å². The van der Waals surface area contributed by atoms with E-state index >= 15 is 0 Å². The van der Waals surface area contributed by atoms with Crippen LogP contribution in [-0.2, 0) is 14.4 Å². The summed E-state index contributed by atoms with van der Waals surface area (Å²) in [5.74, 6) is -1.23. The zero-order chi connectivity index (χ0) is 33.3. The van der Waals surface area contributed by atoms with Crippen LogP contribution in [0.3, 0.4) is 0 Å². The van der Waals surface area contributed by atoms with Crippen molar-refractivity contribution < 1.29 is 19.2 Å². The predicted molar refractivity (Wildman–Crippen MR) is 190 cm³/mol. The average molecular weight is 672 g/mol. The zero-order valence-electron chi connectivity index (χ0n) is 25.4. The average Bonchev–Trinajstić information content (AvgIpc) is 3.77. The third-order valence-corrected chi connectivity index (χ3v) is 9.16. The number of hydrogen-bond acceptors (Lipinski definition) is 7. The van der Waals surface area contributed by atoms with E-state index in [0.29, 0.717) is 21.8 Å². The third-order valence-electron chi connectivity index (χ3n) is 7.09. The van der Waals surface area contributed by atoms with Gasteiger partial charge in [-0.05, 0) is 65.6 Å². The van der Waals surface area contributed by atoms with E-state index in [0.717, 1.165) is 10.4 Å². The number of para-hydroxylation sites is 1. The van der Waals surface area contributed by atoms with Gasteiger partial charge in [-0.1, -0.05) is 78.9 Å². The molecule has 3 N–H and O–H groups in total. The van der Waals surface area contributed by atoms with Crippen LogP contribution >= 0.6 is 23.1 Å². The van der Waals surface area contributed by atoms with Crippen molar-refractivity contribution in [2.75, 3.05) is 10.3 Å². The summed E-state index contributed by atoms with van der Waals surface area (Å²) >= 11 is 2.73. The molecule has 9 nitrogen and oxygen atoms in total. The number of amides is 4. The van der Waals surface area contributed by atoms with Crippen LogP contribution in [0.2, 0.25) is 0 Å². The summed E-state index contributed by atoms with van der Waals surface area (Å²) < 4.78 is 0. The lowest BCUT2D eigenvalue weighted by atomic mass is 10.1. The molecule has 0 bridgehead atoms. The van der Waals surface area contributed by atoms with E-state index in [-0.39, 0.29) is 29.8 Å². The molecule has 0 saturated heterocycles. The van der Waals surface area contributed by atoms with Gasteiger partial charge < -0.3 is 16.0 Å². The smallest absolute Gasteiger partial charge is 0.272 e. The van der Waals surface area contributed by atoms with E-state index in [9.17, 15) is 19.2 Å². The molecule has 48 heavy (non-hydrogen) atoms. The molecule has 1 aliphatic rings. The summed E-state index contributed by atoms with van der Waals surface area (Å²) in [5.41, 5.74) is 2.36. The van der Waals surface area contributed by atoms with Crippen molar-refractivity contribution in [3.63, 3.8) is 0 Å². The molecule has 4 amide bonds. The van der Waals surface area contributed by atoms with Crippen LogP contribution in [0.1, 0.15) is 32.5 Å². The maximum absolute atomic E-state index is 13.7. The topological polar surface area (TPSA) is 120 Å². The Balaban J connectivity index is 1.19. The molecule has 0 radical (unpaired) electrons. The molecular weight excluding hydrogens is 643 g/mol. The number of hydrogen-bond donors (Lipinski definition) is 3. The standard InChI is InChI=1S/C37H29N5O4S2/c43-33-24-32(41-42(33)28-17-8-3-9-18-28)40-37(46)34(25-12-4-1-5-13-25)48-30-19-10-16-27(22-30)38-36(45)31(23-29-20-11-21-47-29)39-35(44)26-14-6-2-7-15-26/h1-23,34H,24H2,(H,38,45)(H,39,44)(H,40,41,46)/b31-23-. The number of hydrazone groups is 1.